The van der Waals surface area contributed by atoms with Crippen molar-refractivity contribution in [3.8, 4) is 50.9 Å². The van der Waals surface area contributed by atoms with E-state index in [1.807, 2.05) is 120 Å². The summed E-state index contributed by atoms with van der Waals surface area (Å²) >= 11 is 0. The average molecular weight is 1120 g/mol. The molecular formula is C78H70N4OSi. The fourth-order valence-corrected chi connectivity index (χ4v) is 15.5. The topological polar surface area (TPSA) is 35.9 Å². The lowest BCUT2D eigenvalue weighted by molar-refractivity contribution is -0.570. The SMILES string of the molecule is [2H]c1c([2H])c([2H])c([Si](c2cccc(-c3cccc(C(C)(C)C)c3)c2-[n+]2[c-]n(-c3cccc(Oc4ccc5c6ccccc6n(-c6cc(C(C)(C)C)ccn6)c5c4)c3)c3cc(-c4ccc(C(C)(C)C)cc4)ccc32)(c2c([2H])c([2H])c([2H])c([2H])c2[2H])c2c([2H])c([2H])c([2H])c([2H])c2[2H])c([2H])c1[2H]. The van der Waals surface area contributed by atoms with Gasteiger partial charge in [-0.05, 0) is 131 Å². The zero-order chi connectivity index (χ0) is 71.0. The normalized spacial score (nSPS) is 14.8. The molecule has 0 amide bonds. The number of benzene rings is 10. The maximum absolute atomic E-state index is 10.1. The molecule has 5 nitrogen and oxygen atoms in total. The summed E-state index contributed by atoms with van der Waals surface area (Å²) in [6.45, 7) is 19.1. The van der Waals surface area contributed by atoms with Crippen LogP contribution in [0, 0.1) is 6.33 Å². The molecule has 0 saturated heterocycles. The molecule has 0 fully saturated rings. The molecule has 0 bridgehead atoms. The predicted octanol–water partition coefficient (Wildman–Crippen LogP) is 16.6. The molecule has 10 aromatic carbocycles. The Morgan fingerprint density at radius 1 is 0.464 bits per heavy atom. The van der Waals surface area contributed by atoms with E-state index in [0.29, 0.717) is 39.3 Å². The van der Waals surface area contributed by atoms with Crippen LogP contribution in [0.4, 0.5) is 0 Å². The monoisotopic (exact) mass is 1120 g/mol. The molecule has 0 unspecified atom stereocenters. The van der Waals surface area contributed by atoms with Crippen molar-refractivity contribution in [3.63, 3.8) is 0 Å². The second-order valence-electron chi connectivity index (χ2n) is 24.4. The highest BCUT2D eigenvalue weighted by Crippen LogP contribution is 2.38. The minimum absolute atomic E-state index is 0.0656. The van der Waals surface area contributed by atoms with Gasteiger partial charge in [0.25, 0.3) is 6.33 Å². The Bertz CT molecular complexity index is 5260. The molecule has 3 heterocycles. The lowest BCUT2D eigenvalue weighted by Gasteiger charge is -2.37. The molecule has 3 aromatic heterocycles. The lowest BCUT2D eigenvalue weighted by atomic mass is 9.85. The van der Waals surface area contributed by atoms with Crippen molar-refractivity contribution in [2.45, 2.75) is 78.6 Å². The highest BCUT2D eigenvalue weighted by atomic mass is 28.3. The number of pyridine rings is 1. The molecule has 84 heavy (non-hydrogen) atoms. The molecule has 0 aliphatic carbocycles. The van der Waals surface area contributed by atoms with Crippen molar-refractivity contribution in [3.05, 3.63) is 284 Å². The molecule has 0 aliphatic heterocycles. The molecule has 6 heteroatoms. The van der Waals surface area contributed by atoms with Gasteiger partial charge in [-0.3, -0.25) is 13.7 Å². The number of para-hydroxylation sites is 2. The Balaban J connectivity index is 1.16. The Labute approximate surface area is 516 Å². The zero-order valence-electron chi connectivity index (χ0n) is 63.4. The summed E-state index contributed by atoms with van der Waals surface area (Å²) in [6, 6.07) is 39.7. The van der Waals surface area contributed by atoms with E-state index >= 15 is 0 Å². The van der Waals surface area contributed by atoms with E-state index in [2.05, 4.69) is 116 Å². The number of fused-ring (bicyclic) bond motifs is 4. The van der Waals surface area contributed by atoms with Crippen LogP contribution >= 0.6 is 0 Å². The first-order chi connectivity index (χ1) is 46.7. The van der Waals surface area contributed by atoms with Crippen molar-refractivity contribution in [1.82, 2.24) is 14.1 Å². The summed E-state index contributed by atoms with van der Waals surface area (Å²) in [6.07, 6.45) is 5.54. The summed E-state index contributed by atoms with van der Waals surface area (Å²) < 4.78 is 156. The number of rotatable bonds is 11. The quantitative estimate of drug-likeness (QED) is 0.0560. The van der Waals surface area contributed by atoms with Gasteiger partial charge in [0.15, 0.2) is 8.07 Å². The van der Waals surface area contributed by atoms with Gasteiger partial charge in [0, 0.05) is 23.0 Å². The lowest BCUT2D eigenvalue weighted by Crippen LogP contribution is -2.76. The molecular weight excluding hydrogens is 1040 g/mol. The average Bonchev–Trinajstić information content (AvgIpc) is 1.00. The molecule has 0 radical (unpaired) electrons. The van der Waals surface area contributed by atoms with Crippen molar-refractivity contribution < 1.29 is 29.9 Å². The van der Waals surface area contributed by atoms with E-state index in [1.54, 1.807) is 16.7 Å². The molecule has 0 aliphatic rings. The van der Waals surface area contributed by atoms with E-state index in [1.165, 1.54) is 0 Å². The zero-order valence-corrected chi connectivity index (χ0v) is 49.4. The molecule has 13 rings (SSSR count). The third-order valence-electron chi connectivity index (χ3n) is 15.9. The molecule has 0 atom stereocenters. The standard InChI is InChI=1S/C78H70N4OSi/c1-76(2,3)57-41-38-54(39-42-57)55-40-45-70-72(49-55)80(60-26-22-27-61(51-60)83-62-43-44-68-67-34-19-20-36-69(67)82(71(68)52-62)74-50-59(46-47-79-74)78(7,8)9)53-81(70)75-66(56-24-21-25-58(48-56)77(4,5)6)35-23-37-73(75)84(63-28-13-10-14-29-63,64-30-15-11-16-31-64)65-32-17-12-18-33-65/h10-52H,1-9H3/i10D,11D,12D,13D,14D,15D,16D,17D,18D,28D,29D,30D,31D,32D,33D. The van der Waals surface area contributed by atoms with E-state index in [-0.39, 0.29) is 21.7 Å². The first-order valence-electron chi connectivity index (χ1n) is 35.6. The first-order valence-corrected chi connectivity index (χ1v) is 30.1. The van der Waals surface area contributed by atoms with Gasteiger partial charge < -0.3 is 4.74 Å². The second kappa shape index (κ2) is 21.1. The molecule has 13 aromatic rings. The third kappa shape index (κ3) is 9.74. The smallest absolute Gasteiger partial charge is 0.269 e. The molecule has 0 N–H and O–H groups in total. The van der Waals surface area contributed by atoms with Crippen LogP contribution in [0.1, 0.15) is 99.6 Å². The fraction of sp³-hybridized carbons (Fsp3) is 0.154. The van der Waals surface area contributed by atoms with Crippen LogP contribution in [0.5, 0.6) is 11.5 Å². The van der Waals surface area contributed by atoms with E-state index in [9.17, 15) is 16.4 Å². The van der Waals surface area contributed by atoms with Crippen LogP contribution in [-0.4, -0.2) is 22.2 Å². The van der Waals surface area contributed by atoms with Crippen LogP contribution in [0.15, 0.2) is 261 Å². The first kappa shape index (κ1) is 39.2. The molecule has 0 saturated carbocycles. The fourth-order valence-electron chi connectivity index (χ4n) is 11.5. The highest BCUT2D eigenvalue weighted by molar-refractivity contribution is 7.20. The van der Waals surface area contributed by atoms with Gasteiger partial charge >= 0.3 is 0 Å². The maximum atomic E-state index is 10.1. The number of nitrogens with zero attached hydrogens (tertiary/aromatic N) is 4. The van der Waals surface area contributed by atoms with Gasteiger partial charge in [-0.25, -0.2) is 4.98 Å². The van der Waals surface area contributed by atoms with Gasteiger partial charge in [-0.15, -0.1) is 0 Å². The van der Waals surface area contributed by atoms with Crippen LogP contribution in [0.3, 0.4) is 0 Å². The van der Waals surface area contributed by atoms with Gasteiger partial charge in [-0.2, -0.15) is 0 Å². The Kier molecular flexibility index (Phi) is 9.85. The number of hydrogen-bond acceptors (Lipinski definition) is 2. The summed E-state index contributed by atoms with van der Waals surface area (Å²) in [5.41, 5.74) is 8.55. The van der Waals surface area contributed by atoms with Crippen LogP contribution in [0.25, 0.3) is 72.3 Å². The third-order valence-corrected chi connectivity index (χ3v) is 20.1. The van der Waals surface area contributed by atoms with Crippen LogP contribution in [0.2, 0.25) is 0 Å². The van der Waals surface area contributed by atoms with Crippen molar-refractivity contribution in [1.29, 1.82) is 0 Å². The van der Waals surface area contributed by atoms with E-state index in [4.69, 9.17) is 13.8 Å². The Morgan fingerprint density at radius 2 is 1.06 bits per heavy atom. The number of aromatic nitrogens is 4. The van der Waals surface area contributed by atoms with Crippen molar-refractivity contribution >= 4 is 61.7 Å². The van der Waals surface area contributed by atoms with Crippen molar-refractivity contribution in [2.24, 2.45) is 0 Å². The minimum Gasteiger partial charge on any atom is -0.458 e. The number of ether oxygens (including phenoxy) is 1. The number of imidazole rings is 1. The highest BCUT2D eigenvalue weighted by Gasteiger charge is 2.44. The van der Waals surface area contributed by atoms with Crippen LogP contribution < -0.4 is 30.1 Å². The summed E-state index contributed by atoms with van der Waals surface area (Å²) in [4.78, 5) is 4.90. The van der Waals surface area contributed by atoms with Crippen molar-refractivity contribution in [2.75, 3.05) is 0 Å². The van der Waals surface area contributed by atoms with Gasteiger partial charge in [0.05, 0.1) is 54.0 Å². The minimum atomic E-state index is -5.80. The van der Waals surface area contributed by atoms with Crippen LogP contribution in [-0.2, 0) is 16.2 Å². The second-order valence-corrected chi connectivity index (χ2v) is 27.9. The maximum Gasteiger partial charge on any atom is 0.269 e. The van der Waals surface area contributed by atoms with Gasteiger partial charge in [0.1, 0.15) is 17.3 Å². The largest absolute Gasteiger partial charge is 0.458 e. The van der Waals surface area contributed by atoms with E-state index in [0.717, 1.165) is 55.4 Å². The predicted molar refractivity (Wildman–Crippen MR) is 353 cm³/mol. The molecule has 412 valence electrons. The molecule has 0 spiro atoms. The Morgan fingerprint density at radius 3 is 1.73 bits per heavy atom. The number of hydrogen-bond donors (Lipinski definition) is 0. The van der Waals surface area contributed by atoms with Gasteiger partial charge in [0.2, 0.25) is 0 Å². The van der Waals surface area contributed by atoms with Gasteiger partial charge in [-0.1, -0.05) is 256 Å². The summed E-state index contributed by atoms with van der Waals surface area (Å²) in [5.74, 6) is 1.72. The summed E-state index contributed by atoms with van der Waals surface area (Å²) in [7, 11) is -5.80. The van der Waals surface area contributed by atoms with E-state index < -0.39 is 120 Å². The summed E-state index contributed by atoms with van der Waals surface area (Å²) in [5, 5.41) is 0.128. The Hall–Kier alpha value is -9.36.